The minimum absolute atomic E-state index is 0.0525. The number of benzene rings is 1. The number of carbonyl (C=O) groups is 1. The van der Waals surface area contributed by atoms with Gasteiger partial charge in [0.05, 0.1) is 28.8 Å². The van der Waals surface area contributed by atoms with Gasteiger partial charge in [-0.05, 0) is 55.5 Å². The average molecular weight is 530 g/mol. The predicted octanol–water partition coefficient (Wildman–Crippen LogP) is 4.84. The van der Waals surface area contributed by atoms with E-state index in [0.717, 1.165) is 31.5 Å². The predicted molar refractivity (Wildman–Crippen MR) is 132 cm³/mol. The second-order valence-electron chi connectivity index (χ2n) is 9.80. The number of fused-ring (bicyclic) bond motifs is 2. The summed E-state index contributed by atoms with van der Waals surface area (Å²) in [7, 11) is 1.55. The zero-order valence-corrected chi connectivity index (χ0v) is 20.8. The molecule has 1 aromatic carbocycles. The highest BCUT2D eigenvalue weighted by molar-refractivity contribution is 6.01. The van der Waals surface area contributed by atoms with Crippen molar-refractivity contribution in [3.8, 4) is 11.4 Å². The zero-order chi connectivity index (χ0) is 26.9. The Morgan fingerprint density at radius 1 is 1.16 bits per heavy atom. The fourth-order valence-electron chi connectivity index (χ4n) is 5.67. The quantitative estimate of drug-likeness (QED) is 0.389. The molecule has 1 saturated heterocycles. The highest BCUT2D eigenvalue weighted by atomic mass is 19.4. The maximum absolute atomic E-state index is 15.0. The number of carbonyl (C=O) groups excluding carboxylic acids is 1. The summed E-state index contributed by atoms with van der Waals surface area (Å²) in [6.45, 7) is 1.59. The van der Waals surface area contributed by atoms with Gasteiger partial charge in [0.25, 0.3) is 5.91 Å². The van der Waals surface area contributed by atoms with E-state index in [1.54, 1.807) is 24.1 Å². The third-order valence-corrected chi connectivity index (χ3v) is 7.43. The minimum Gasteiger partial charge on any atom is -0.383 e. The lowest BCUT2D eigenvalue weighted by Gasteiger charge is -2.42. The first kappa shape index (κ1) is 26.0. The number of nitrogens with zero attached hydrogens (tertiary/aromatic N) is 5. The molecule has 2 fully saturated rings. The number of anilines is 1. The molecule has 1 saturated carbocycles. The van der Waals surface area contributed by atoms with E-state index < -0.39 is 23.1 Å². The minimum atomic E-state index is -4.49. The summed E-state index contributed by atoms with van der Waals surface area (Å²) in [5.74, 6) is -0.120. The number of aromatic nitrogens is 3. The molecule has 2 atom stereocenters. The molecule has 7 nitrogen and oxygen atoms in total. The molecule has 5 rings (SSSR count). The van der Waals surface area contributed by atoms with Crippen LogP contribution in [0.1, 0.15) is 35.2 Å². The van der Waals surface area contributed by atoms with E-state index in [4.69, 9.17) is 4.74 Å². The Morgan fingerprint density at radius 2 is 1.95 bits per heavy atom. The van der Waals surface area contributed by atoms with Crippen molar-refractivity contribution in [3.05, 3.63) is 71.9 Å². The number of methoxy groups -OCH3 is 1. The molecule has 2 bridgehead atoms. The van der Waals surface area contributed by atoms with Crippen LogP contribution in [-0.2, 0) is 10.9 Å². The van der Waals surface area contributed by atoms with Gasteiger partial charge in [0, 0.05) is 45.3 Å². The van der Waals surface area contributed by atoms with Crippen LogP contribution in [0.5, 0.6) is 0 Å². The topological polar surface area (TPSA) is 71.5 Å². The lowest BCUT2D eigenvalue weighted by molar-refractivity contribution is -0.137. The third-order valence-electron chi connectivity index (χ3n) is 7.43. The highest BCUT2D eigenvalue weighted by Gasteiger charge is 2.53. The molecule has 200 valence electrons. The number of hydrogen-bond donors (Lipinski definition) is 0. The molecule has 2 unspecified atom stereocenters. The average Bonchev–Trinajstić information content (AvgIpc) is 3.49. The number of pyridine rings is 1. The first-order valence-corrected chi connectivity index (χ1v) is 12.4. The van der Waals surface area contributed by atoms with Crippen molar-refractivity contribution in [3.63, 3.8) is 0 Å². The van der Waals surface area contributed by atoms with E-state index in [9.17, 15) is 22.4 Å². The van der Waals surface area contributed by atoms with Gasteiger partial charge in [0.2, 0.25) is 0 Å². The van der Waals surface area contributed by atoms with Crippen LogP contribution in [0.2, 0.25) is 0 Å². The van der Waals surface area contributed by atoms with Crippen LogP contribution in [0.15, 0.2) is 55.0 Å². The molecule has 2 aliphatic rings. The van der Waals surface area contributed by atoms with Gasteiger partial charge >= 0.3 is 6.18 Å². The summed E-state index contributed by atoms with van der Waals surface area (Å²) in [6.07, 6.45) is 1.72. The second-order valence-corrected chi connectivity index (χ2v) is 9.80. The van der Waals surface area contributed by atoms with E-state index in [-0.39, 0.29) is 28.8 Å². The van der Waals surface area contributed by atoms with Crippen LogP contribution < -0.4 is 4.90 Å². The normalized spacial score (nSPS) is 20.7. The van der Waals surface area contributed by atoms with Crippen molar-refractivity contribution in [2.75, 3.05) is 38.3 Å². The molecule has 1 aliphatic carbocycles. The van der Waals surface area contributed by atoms with Gasteiger partial charge in [-0.15, -0.1) is 0 Å². The molecule has 0 spiro atoms. The summed E-state index contributed by atoms with van der Waals surface area (Å²) in [4.78, 5) is 30.1. The van der Waals surface area contributed by atoms with Crippen LogP contribution >= 0.6 is 0 Å². The summed E-state index contributed by atoms with van der Waals surface area (Å²) in [5.41, 5.74) is -1.18. The molecule has 11 heteroatoms. The van der Waals surface area contributed by atoms with E-state index in [0.29, 0.717) is 32.1 Å². The number of amides is 1. The van der Waals surface area contributed by atoms with Crippen LogP contribution in [0.3, 0.4) is 0 Å². The zero-order valence-electron chi connectivity index (χ0n) is 20.8. The number of halogens is 4. The lowest BCUT2D eigenvalue weighted by atomic mass is 9.93. The molecular weight excluding hydrogens is 502 g/mol. The Kier molecular flexibility index (Phi) is 7.04. The number of piperidine rings is 1. The van der Waals surface area contributed by atoms with Crippen molar-refractivity contribution in [1.82, 2.24) is 19.9 Å². The number of alkyl halides is 3. The number of likely N-dealkylation sites (tertiary alicyclic amines) is 1. The number of ether oxygens (including phenoxy) is 1. The molecule has 3 aromatic rings. The van der Waals surface area contributed by atoms with Crippen LogP contribution in [0.4, 0.5) is 23.4 Å². The van der Waals surface area contributed by atoms with Crippen molar-refractivity contribution < 1.29 is 27.1 Å². The summed E-state index contributed by atoms with van der Waals surface area (Å²) in [5, 5.41) is 0. The third kappa shape index (κ3) is 4.94. The van der Waals surface area contributed by atoms with Crippen LogP contribution in [0, 0.1) is 11.7 Å². The maximum atomic E-state index is 15.0. The first-order chi connectivity index (χ1) is 18.2. The Labute approximate surface area is 217 Å². The molecule has 38 heavy (non-hydrogen) atoms. The van der Waals surface area contributed by atoms with Crippen LogP contribution in [0.25, 0.3) is 11.4 Å². The molecule has 0 radical (unpaired) electrons. The first-order valence-electron chi connectivity index (χ1n) is 12.4. The van der Waals surface area contributed by atoms with Crippen molar-refractivity contribution in [2.45, 2.75) is 31.0 Å². The number of hydrogen-bond acceptors (Lipinski definition) is 6. The van der Waals surface area contributed by atoms with Crippen molar-refractivity contribution in [1.29, 1.82) is 0 Å². The van der Waals surface area contributed by atoms with Gasteiger partial charge < -0.3 is 14.5 Å². The van der Waals surface area contributed by atoms with E-state index in [2.05, 4.69) is 15.0 Å². The molecule has 3 heterocycles. The van der Waals surface area contributed by atoms with Crippen LogP contribution in [-0.4, -0.2) is 64.6 Å². The Hall–Kier alpha value is -3.60. The Balaban J connectivity index is 1.47. The molecular formula is C27H27F4N5O2. The highest BCUT2D eigenvalue weighted by Crippen LogP contribution is 2.48. The van der Waals surface area contributed by atoms with Gasteiger partial charge in [-0.2, -0.15) is 13.2 Å². The summed E-state index contributed by atoms with van der Waals surface area (Å²) >= 11 is 0. The van der Waals surface area contributed by atoms with Gasteiger partial charge in [0.1, 0.15) is 11.6 Å². The van der Waals surface area contributed by atoms with E-state index in [1.807, 2.05) is 4.90 Å². The monoisotopic (exact) mass is 529 g/mol. The van der Waals surface area contributed by atoms with Gasteiger partial charge in [-0.25, -0.2) is 19.3 Å². The van der Waals surface area contributed by atoms with Gasteiger partial charge in [-0.3, -0.25) is 4.79 Å². The molecule has 1 amide bonds. The summed E-state index contributed by atoms with van der Waals surface area (Å²) in [6, 6.07) is 8.32. The fourth-order valence-corrected chi connectivity index (χ4v) is 5.67. The smallest absolute Gasteiger partial charge is 0.383 e. The van der Waals surface area contributed by atoms with E-state index >= 15 is 0 Å². The standard InChI is InChI=1S/C27H27F4N5O2/c1-38-13-12-35(22-7-6-19(15-34-22)27(29,30)31)17-26-9-8-18(14-26)16-36(26)25(37)20-4-2-5-21(28)23(20)24-32-10-3-11-33-24/h2-7,10-11,15,18H,8-9,12-14,16-17H2,1H3. The molecule has 0 N–H and O–H groups in total. The van der Waals surface area contributed by atoms with Gasteiger partial charge in [-0.1, -0.05) is 6.07 Å². The molecule has 1 aliphatic heterocycles. The lowest BCUT2D eigenvalue weighted by Crippen LogP contribution is -2.55. The fraction of sp³-hybridized carbons (Fsp3) is 0.407. The van der Waals surface area contributed by atoms with Gasteiger partial charge in [0.15, 0.2) is 5.82 Å². The van der Waals surface area contributed by atoms with Crippen molar-refractivity contribution in [2.24, 2.45) is 5.92 Å². The largest absolute Gasteiger partial charge is 0.417 e. The van der Waals surface area contributed by atoms with E-state index in [1.165, 1.54) is 30.6 Å². The second kappa shape index (κ2) is 10.3. The summed E-state index contributed by atoms with van der Waals surface area (Å²) < 4.78 is 59.6. The Bertz CT molecular complexity index is 1290. The maximum Gasteiger partial charge on any atom is 0.417 e. The van der Waals surface area contributed by atoms with Crippen molar-refractivity contribution >= 4 is 11.7 Å². The number of rotatable bonds is 8. The SMILES string of the molecule is COCCN(CC12CCC(CN1C(=O)c1cccc(F)c1-c1ncccn1)C2)c1ccc(C(F)(F)F)cn1. The Morgan fingerprint density at radius 3 is 2.61 bits per heavy atom. The molecule has 2 aromatic heterocycles.